The highest BCUT2D eigenvalue weighted by atomic mass is 32.2. The van der Waals surface area contributed by atoms with Gasteiger partial charge in [-0.15, -0.1) is 0 Å². The number of fused-ring (bicyclic) bond motifs is 1. The highest BCUT2D eigenvalue weighted by molar-refractivity contribution is 7.89. The number of carbonyl (C=O) groups excluding carboxylic acids is 1. The number of nitrogens with zero attached hydrogens (tertiary/aromatic N) is 3. The van der Waals surface area contributed by atoms with Crippen molar-refractivity contribution in [1.82, 2.24) is 19.2 Å². The minimum Gasteiger partial charge on any atom is -0.379 e. The van der Waals surface area contributed by atoms with Gasteiger partial charge in [0, 0.05) is 26.2 Å². The van der Waals surface area contributed by atoms with Crippen LogP contribution in [0.25, 0.3) is 5.52 Å². The van der Waals surface area contributed by atoms with Crippen molar-refractivity contribution in [3.05, 3.63) is 35.7 Å². The minimum atomic E-state index is -3.36. The monoisotopic (exact) mass is 366 g/mol. The van der Waals surface area contributed by atoms with Crippen molar-refractivity contribution in [2.45, 2.75) is 13.0 Å². The van der Waals surface area contributed by atoms with E-state index in [2.05, 4.69) is 10.4 Å². The molecule has 0 bridgehead atoms. The number of carbonyl (C=O) groups is 1. The molecule has 3 rings (SSSR count). The number of amides is 1. The van der Waals surface area contributed by atoms with Crippen LogP contribution in [-0.4, -0.2) is 67.3 Å². The molecule has 0 spiro atoms. The Kier molecular flexibility index (Phi) is 4.81. The van der Waals surface area contributed by atoms with Crippen LogP contribution < -0.4 is 5.32 Å². The molecule has 9 heteroatoms. The Balaban J connectivity index is 1.75. The Morgan fingerprint density at radius 2 is 2.16 bits per heavy atom. The molecule has 0 aromatic carbocycles. The maximum absolute atomic E-state index is 12.6. The van der Waals surface area contributed by atoms with Gasteiger partial charge < -0.3 is 10.1 Å². The second-order valence-electron chi connectivity index (χ2n) is 6.53. The number of aromatic nitrogens is 2. The van der Waals surface area contributed by atoms with Gasteiger partial charge in [-0.3, -0.25) is 4.79 Å². The van der Waals surface area contributed by atoms with E-state index in [1.165, 1.54) is 24.6 Å². The van der Waals surface area contributed by atoms with Gasteiger partial charge in [-0.1, -0.05) is 6.07 Å². The number of hydrogen-bond acceptors (Lipinski definition) is 5. The lowest BCUT2D eigenvalue weighted by atomic mass is 10.1. The Morgan fingerprint density at radius 3 is 2.88 bits per heavy atom. The summed E-state index contributed by atoms with van der Waals surface area (Å²) in [5, 5.41) is 7.10. The van der Waals surface area contributed by atoms with Crippen molar-refractivity contribution in [1.29, 1.82) is 0 Å². The first kappa shape index (κ1) is 17.8. The standard InChI is InChI=1S/C16H22N4O4S/c1-11-4-5-15-13(6-17-20(15)7-11)16(21)18-14-9-24-8-12(14)10-25(22,23)19(2)3/h4-7,12,14H,8-10H2,1-3H3,(H,18,21)/t12-,14-/m0/s1. The highest BCUT2D eigenvalue weighted by Gasteiger charge is 2.34. The van der Waals surface area contributed by atoms with Gasteiger partial charge in [0.05, 0.1) is 42.3 Å². The topological polar surface area (TPSA) is 93.0 Å². The summed E-state index contributed by atoms with van der Waals surface area (Å²) in [6.07, 6.45) is 3.36. The number of ether oxygens (including phenoxy) is 1. The van der Waals surface area contributed by atoms with E-state index in [4.69, 9.17) is 4.74 Å². The van der Waals surface area contributed by atoms with Crippen molar-refractivity contribution >= 4 is 21.4 Å². The summed E-state index contributed by atoms with van der Waals surface area (Å²) in [5.74, 6) is -0.610. The van der Waals surface area contributed by atoms with E-state index in [1.54, 1.807) is 4.52 Å². The fourth-order valence-corrected chi connectivity index (χ4v) is 4.02. The molecule has 2 atom stereocenters. The predicted molar refractivity (Wildman–Crippen MR) is 93.0 cm³/mol. The van der Waals surface area contributed by atoms with Gasteiger partial charge in [-0.2, -0.15) is 5.10 Å². The molecule has 1 aliphatic rings. The predicted octanol–water partition coefficient (Wildman–Crippen LogP) is 0.279. The van der Waals surface area contributed by atoms with Crippen LogP contribution in [0.1, 0.15) is 15.9 Å². The highest BCUT2D eigenvalue weighted by Crippen LogP contribution is 2.19. The third-order valence-corrected chi connectivity index (χ3v) is 6.37. The summed E-state index contributed by atoms with van der Waals surface area (Å²) < 4.78 is 32.4. The molecule has 2 aromatic heterocycles. The zero-order chi connectivity index (χ0) is 18.2. The number of nitrogens with one attached hydrogen (secondary N) is 1. The molecule has 2 aromatic rings. The summed E-state index contributed by atoms with van der Waals surface area (Å²) in [5.41, 5.74) is 2.21. The molecule has 136 valence electrons. The molecular weight excluding hydrogens is 344 g/mol. The van der Waals surface area contributed by atoms with Crippen LogP contribution in [0, 0.1) is 12.8 Å². The molecule has 0 unspecified atom stereocenters. The molecule has 0 saturated carbocycles. The number of aryl methyl sites for hydroxylation is 1. The zero-order valence-corrected chi connectivity index (χ0v) is 15.3. The molecule has 1 fully saturated rings. The lowest BCUT2D eigenvalue weighted by Crippen LogP contribution is -2.43. The van der Waals surface area contributed by atoms with Crippen LogP contribution in [0.15, 0.2) is 24.5 Å². The quantitative estimate of drug-likeness (QED) is 0.820. The smallest absolute Gasteiger partial charge is 0.255 e. The third-order valence-electron chi connectivity index (χ3n) is 4.40. The van der Waals surface area contributed by atoms with Crippen LogP contribution in [0.5, 0.6) is 0 Å². The van der Waals surface area contributed by atoms with E-state index in [9.17, 15) is 13.2 Å². The number of hydrogen-bond donors (Lipinski definition) is 1. The van der Waals surface area contributed by atoms with Crippen LogP contribution in [0.4, 0.5) is 0 Å². The SMILES string of the molecule is Cc1ccc2c(C(=O)N[C@H]3COC[C@H]3CS(=O)(=O)N(C)C)cnn2c1. The molecule has 1 aliphatic heterocycles. The molecule has 25 heavy (non-hydrogen) atoms. The van der Waals surface area contributed by atoms with Crippen LogP contribution in [-0.2, 0) is 14.8 Å². The van der Waals surface area contributed by atoms with Gasteiger partial charge in [0.2, 0.25) is 10.0 Å². The first-order valence-corrected chi connectivity index (χ1v) is 9.61. The first-order valence-electron chi connectivity index (χ1n) is 8.01. The second-order valence-corrected chi connectivity index (χ2v) is 8.76. The number of pyridine rings is 1. The summed E-state index contributed by atoms with van der Waals surface area (Å²) in [6.45, 7) is 2.57. The van der Waals surface area contributed by atoms with Gasteiger partial charge in [-0.05, 0) is 18.6 Å². The van der Waals surface area contributed by atoms with Crippen LogP contribution in [0.2, 0.25) is 0 Å². The second kappa shape index (κ2) is 6.74. The normalized spacial score (nSPS) is 21.1. The largest absolute Gasteiger partial charge is 0.379 e. The Labute approximate surface area is 146 Å². The van der Waals surface area contributed by atoms with Crippen molar-refractivity contribution < 1.29 is 17.9 Å². The maximum atomic E-state index is 12.6. The fourth-order valence-electron chi connectivity index (χ4n) is 2.85. The fraction of sp³-hybridized carbons (Fsp3) is 0.500. The van der Waals surface area contributed by atoms with E-state index in [-0.39, 0.29) is 23.6 Å². The summed E-state index contributed by atoms with van der Waals surface area (Å²) in [4.78, 5) is 12.6. The molecule has 0 aliphatic carbocycles. The molecule has 1 saturated heterocycles. The summed E-state index contributed by atoms with van der Waals surface area (Å²) in [6, 6.07) is 3.41. The molecule has 8 nitrogen and oxygen atoms in total. The third kappa shape index (κ3) is 3.68. The molecule has 3 heterocycles. The maximum Gasteiger partial charge on any atom is 0.255 e. The summed E-state index contributed by atoms with van der Waals surface area (Å²) >= 11 is 0. The van der Waals surface area contributed by atoms with Gasteiger partial charge >= 0.3 is 0 Å². The van der Waals surface area contributed by atoms with Crippen molar-refractivity contribution in [3.8, 4) is 0 Å². The van der Waals surface area contributed by atoms with Gasteiger partial charge in [0.25, 0.3) is 5.91 Å². The minimum absolute atomic E-state index is 0.0566. The Hall–Kier alpha value is -1.97. The van der Waals surface area contributed by atoms with Gasteiger partial charge in [0.1, 0.15) is 0 Å². The van der Waals surface area contributed by atoms with Crippen LogP contribution >= 0.6 is 0 Å². The lowest BCUT2D eigenvalue weighted by molar-refractivity contribution is 0.0927. The first-order chi connectivity index (χ1) is 11.8. The molecule has 1 N–H and O–H groups in total. The Bertz CT molecular complexity index is 891. The van der Waals surface area contributed by atoms with Crippen molar-refractivity contribution in [3.63, 3.8) is 0 Å². The van der Waals surface area contributed by atoms with Gasteiger partial charge in [-0.25, -0.2) is 17.2 Å². The van der Waals surface area contributed by atoms with Crippen molar-refractivity contribution in [2.24, 2.45) is 5.92 Å². The lowest BCUT2D eigenvalue weighted by Gasteiger charge is -2.20. The van der Waals surface area contributed by atoms with E-state index < -0.39 is 10.0 Å². The van der Waals surface area contributed by atoms with E-state index in [0.717, 1.165) is 5.56 Å². The summed E-state index contributed by atoms with van der Waals surface area (Å²) in [7, 11) is -0.359. The van der Waals surface area contributed by atoms with Crippen molar-refractivity contribution in [2.75, 3.05) is 33.1 Å². The molecule has 0 radical (unpaired) electrons. The van der Waals surface area contributed by atoms with E-state index in [0.29, 0.717) is 24.3 Å². The zero-order valence-electron chi connectivity index (χ0n) is 14.5. The number of rotatable bonds is 5. The van der Waals surface area contributed by atoms with E-state index in [1.807, 2.05) is 25.3 Å². The molecule has 1 amide bonds. The average Bonchev–Trinajstić information content (AvgIpc) is 3.13. The Morgan fingerprint density at radius 1 is 1.40 bits per heavy atom. The van der Waals surface area contributed by atoms with Crippen LogP contribution in [0.3, 0.4) is 0 Å². The molecular formula is C16H22N4O4S. The van der Waals surface area contributed by atoms with E-state index >= 15 is 0 Å². The average molecular weight is 366 g/mol. The number of sulfonamides is 1. The van der Waals surface area contributed by atoms with Gasteiger partial charge in [0.15, 0.2) is 0 Å².